The highest BCUT2D eigenvalue weighted by Gasteiger charge is 2.36. The highest BCUT2D eigenvalue weighted by molar-refractivity contribution is 6.40. The molecule has 10 nitrogen and oxygen atoms in total. The Hall–Kier alpha value is -2.65. The van der Waals surface area contributed by atoms with Crippen LogP contribution in [0.15, 0.2) is 0 Å². The molecule has 1 aliphatic heterocycles. The largest absolute Gasteiger partial charge is 0.449 e. The number of ketones is 1. The van der Waals surface area contributed by atoms with Crippen molar-refractivity contribution >= 4 is 29.6 Å². The SMILES string of the molecule is CC(C)CC(NC(=O)C(NC(=O)OCC(C)(C)C)C(C)C)C(=O)NC1CNC(=O)C1=O. The van der Waals surface area contributed by atoms with Gasteiger partial charge in [0.15, 0.2) is 0 Å². The average molecular weight is 441 g/mol. The number of carbonyl (C=O) groups excluding carboxylic acids is 5. The first-order chi connectivity index (χ1) is 14.2. The van der Waals surface area contributed by atoms with Crippen molar-refractivity contribution in [3.05, 3.63) is 0 Å². The van der Waals surface area contributed by atoms with E-state index in [9.17, 15) is 24.0 Å². The topological polar surface area (TPSA) is 143 Å². The fraction of sp³-hybridized carbons (Fsp3) is 0.762. The molecule has 3 atom stereocenters. The molecule has 1 saturated heterocycles. The maximum atomic E-state index is 12.9. The lowest BCUT2D eigenvalue weighted by Crippen LogP contribution is -2.57. The second-order valence-electron chi connectivity index (χ2n) is 9.83. The van der Waals surface area contributed by atoms with Gasteiger partial charge in [0.1, 0.15) is 18.1 Å². The quantitative estimate of drug-likeness (QED) is 0.385. The zero-order valence-electron chi connectivity index (χ0n) is 19.5. The summed E-state index contributed by atoms with van der Waals surface area (Å²) in [6.07, 6.45) is -0.395. The molecule has 0 aromatic rings. The Morgan fingerprint density at radius 2 is 1.68 bits per heavy atom. The highest BCUT2D eigenvalue weighted by Crippen LogP contribution is 2.13. The molecule has 4 N–H and O–H groups in total. The molecule has 1 aliphatic rings. The Morgan fingerprint density at radius 3 is 2.13 bits per heavy atom. The van der Waals surface area contributed by atoms with Gasteiger partial charge in [-0.1, -0.05) is 48.5 Å². The number of amides is 4. The lowest BCUT2D eigenvalue weighted by Gasteiger charge is -2.27. The van der Waals surface area contributed by atoms with E-state index in [1.165, 1.54) is 0 Å². The summed E-state index contributed by atoms with van der Waals surface area (Å²) in [7, 11) is 0. The van der Waals surface area contributed by atoms with Gasteiger partial charge in [-0.15, -0.1) is 0 Å². The van der Waals surface area contributed by atoms with Gasteiger partial charge in [0.05, 0.1) is 6.61 Å². The van der Waals surface area contributed by atoms with Crippen LogP contribution in [0.3, 0.4) is 0 Å². The number of ether oxygens (including phenoxy) is 1. The maximum absolute atomic E-state index is 12.9. The predicted molar refractivity (Wildman–Crippen MR) is 114 cm³/mol. The van der Waals surface area contributed by atoms with E-state index in [1.54, 1.807) is 13.8 Å². The molecule has 0 radical (unpaired) electrons. The molecule has 176 valence electrons. The second-order valence-corrected chi connectivity index (χ2v) is 9.83. The molecular weight excluding hydrogens is 404 g/mol. The number of hydrogen-bond acceptors (Lipinski definition) is 6. The van der Waals surface area contributed by atoms with Crippen molar-refractivity contribution < 1.29 is 28.7 Å². The van der Waals surface area contributed by atoms with E-state index in [-0.39, 0.29) is 30.4 Å². The van der Waals surface area contributed by atoms with Crippen molar-refractivity contribution in [2.24, 2.45) is 17.3 Å². The van der Waals surface area contributed by atoms with Gasteiger partial charge < -0.3 is 26.0 Å². The summed E-state index contributed by atoms with van der Waals surface area (Å²) < 4.78 is 5.18. The molecule has 10 heteroatoms. The average Bonchev–Trinajstić information content (AvgIpc) is 2.94. The third-order valence-electron chi connectivity index (χ3n) is 4.52. The standard InChI is InChI=1S/C21H36N4O6/c1-11(2)8-13(17(27)24-14-9-22-19(29)16(14)26)23-18(28)15(12(3)4)25-20(30)31-10-21(5,6)7/h11-15H,8-10H2,1-7H3,(H,22,29)(H,23,28)(H,24,27)(H,25,30). The molecule has 0 saturated carbocycles. The minimum atomic E-state index is -0.960. The Kier molecular flexibility index (Phi) is 9.45. The first kappa shape index (κ1) is 26.4. The summed E-state index contributed by atoms with van der Waals surface area (Å²) in [4.78, 5) is 60.9. The monoisotopic (exact) mass is 440 g/mol. The summed E-state index contributed by atoms with van der Waals surface area (Å²) in [6.45, 7) is 13.3. The molecule has 3 unspecified atom stereocenters. The maximum Gasteiger partial charge on any atom is 0.407 e. The van der Waals surface area contributed by atoms with Crippen LogP contribution in [0, 0.1) is 17.3 Å². The van der Waals surface area contributed by atoms with E-state index >= 15 is 0 Å². The number of hydrogen-bond donors (Lipinski definition) is 4. The molecule has 1 fully saturated rings. The predicted octanol–water partition coefficient (Wildman–Crippen LogP) is 0.498. The summed E-state index contributed by atoms with van der Waals surface area (Å²) in [5, 5.41) is 10.1. The molecule has 1 rings (SSSR count). The van der Waals surface area contributed by atoms with E-state index in [2.05, 4.69) is 21.3 Å². The molecule has 0 aromatic carbocycles. The third kappa shape index (κ3) is 8.94. The van der Waals surface area contributed by atoms with Crippen molar-refractivity contribution in [1.29, 1.82) is 0 Å². The van der Waals surface area contributed by atoms with E-state index in [0.29, 0.717) is 6.42 Å². The van der Waals surface area contributed by atoms with E-state index in [1.807, 2.05) is 34.6 Å². The molecular formula is C21H36N4O6. The molecule has 4 amide bonds. The van der Waals surface area contributed by atoms with Crippen molar-refractivity contribution in [2.75, 3.05) is 13.2 Å². The van der Waals surface area contributed by atoms with Crippen molar-refractivity contribution in [3.8, 4) is 0 Å². The minimum absolute atomic E-state index is 0.0154. The summed E-state index contributed by atoms with van der Waals surface area (Å²) in [5.41, 5.74) is -0.221. The first-order valence-corrected chi connectivity index (χ1v) is 10.6. The van der Waals surface area contributed by atoms with E-state index < -0.39 is 47.7 Å². The smallest absolute Gasteiger partial charge is 0.407 e. The van der Waals surface area contributed by atoms with Gasteiger partial charge in [-0.2, -0.15) is 0 Å². The van der Waals surface area contributed by atoms with E-state index in [4.69, 9.17) is 4.74 Å². The van der Waals surface area contributed by atoms with Gasteiger partial charge >= 0.3 is 6.09 Å². The van der Waals surface area contributed by atoms with Gasteiger partial charge in [0.2, 0.25) is 17.6 Å². The zero-order valence-corrected chi connectivity index (χ0v) is 19.5. The van der Waals surface area contributed by atoms with Crippen LogP contribution in [0.4, 0.5) is 4.79 Å². The van der Waals surface area contributed by atoms with Crippen molar-refractivity contribution in [3.63, 3.8) is 0 Å². The van der Waals surface area contributed by atoms with Crippen LogP contribution in [0.5, 0.6) is 0 Å². The van der Waals surface area contributed by atoms with Gasteiger partial charge in [-0.25, -0.2) is 4.79 Å². The number of Topliss-reactive ketones (excluding diaryl/α,β-unsaturated/α-hetero) is 1. The Bertz CT molecular complexity index is 698. The number of alkyl carbamates (subject to hydrolysis) is 1. The number of rotatable bonds is 9. The molecule has 1 heterocycles. The second kappa shape index (κ2) is 11.1. The Labute approximate surface area is 183 Å². The first-order valence-electron chi connectivity index (χ1n) is 10.6. The fourth-order valence-electron chi connectivity index (χ4n) is 2.87. The Morgan fingerprint density at radius 1 is 1.06 bits per heavy atom. The number of carbonyl (C=O) groups is 5. The molecule has 0 spiro atoms. The summed E-state index contributed by atoms with van der Waals surface area (Å²) >= 11 is 0. The minimum Gasteiger partial charge on any atom is -0.449 e. The normalized spacial score (nSPS) is 18.4. The zero-order chi connectivity index (χ0) is 23.9. The van der Waals surface area contributed by atoms with Crippen LogP contribution in [0.1, 0.15) is 54.9 Å². The molecule has 0 bridgehead atoms. The highest BCUT2D eigenvalue weighted by atomic mass is 16.5. The van der Waals surface area contributed by atoms with Crippen LogP contribution in [0.2, 0.25) is 0 Å². The van der Waals surface area contributed by atoms with Crippen molar-refractivity contribution in [2.45, 2.75) is 73.0 Å². The van der Waals surface area contributed by atoms with Gasteiger partial charge in [0, 0.05) is 6.54 Å². The van der Waals surface area contributed by atoms with Crippen LogP contribution < -0.4 is 21.3 Å². The lowest BCUT2D eigenvalue weighted by molar-refractivity contribution is -0.137. The van der Waals surface area contributed by atoms with Gasteiger partial charge in [-0.05, 0) is 23.7 Å². The van der Waals surface area contributed by atoms with Crippen molar-refractivity contribution in [1.82, 2.24) is 21.3 Å². The van der Waals surface area contributed by atoms with Crippen LogP contribution in [0.25, 0.3) is 0 Å². The summed E-state index contributed by atoms with van der Waals surface area (Å²) in [5.74, 6) is -2.75. The molecule has 0 aromatic heterocycles. The molecule has 31 heavy (non-hydrogen) atoms. The fourth-order valence-corrected chi connectivity index (χ4v) is 2.87. The van der Waals surface area contributed by atoms with Crippen LogP contribution >= 0.6 is 0 Å². The van der Waals surface area contributed by atoms with Gasteiger partial charge in [-0.3, -0.25) is 19.2 Å². The summed E-state index contributed by atoms with van der Waals surface area (Å²) in [6, 6.07) is -2.80. The third-order valence-corrected chi connectivity index (χ3v) is 4.52. The lowest BCUT2D eigenvalue weighted by atomic mass is 9.99. The van der Waals surface area contributed by atoms with E-state index in [0.717, 1.165) is 0 Å². The van der Waals surface area contributed by atoms with Gasteiger partial charge in [0.25, 0.3) is 5.91 Å². The van der Waals surface area contributed by atoms with Crippen LogP contribution in [-0.2, 0) is 23.9 Å². The number of nitrogens with one attached hydrogen (secondary N) is 4. The molecule has 0 aliphatic carbocycles. The Balaban J connectivity index is 2.82. The van der Waals surface area contributed by atoms with Crippen LogP contribution in [-0.4, -0.2) is 60.9 Å².